The van der Waals surface area contributed by atoms with Crippen molar-refractivity contribution in [3.05, 3.63) is 33.9 Å². The number of hydrogen-bond acceptors (Lipinski definition) is 7. The minimum atomic E-state index is -0.341. The highest BCUT2D eigenvalue weighted by atomic mass is 35.5. The molecule has 1 aliphatic carbocycles. The second kappa shape index (κ2) is 7.75. The Kier molecular flexibility index (Phi) is 5.59. The average molecular weight is 411 g/mol. The highest BCUT2D eigenvalue weighted by Crippen LogP contribution is 2.35. The van der Waals surface area contributed by atoms with Crippen LogP contribution in [-0.2, 0) is 0 Å². The summed E-state index contributed by atoms with van der Waals surface area (Å²) in [7, 11) is 5.02. The third-order valence-corrected chi connectivity index (χ3v) is 4.93. The molecule has 1 amide bonds. The molecule has 1 heterocycles. The summed E-state index contributed by atoms with van der Waals surface area (Å²) < 4.78 is 5.38. The summed E-state index contributed by atoms with van der Waals surface area (Å²) in [4.78, 5) is 21.0. The number of carbonyl (C=O) groups excluding carboxylic acids is 1. The maximum atomic E-state index is 12.6. The predicted molar refractivity (Wildman–Crippen MR) is 106 cm³/mol. The van der Waals surface area contributed by atoms with Crippen LogP contribution in [-0.4, -0.2) is 42.7 Å². The van der Waals surface area contributed by atoms with Gasteiger partial charge in [0, 0.05) is 13.1 Å². The molecule has 10 heteroatoms. The predicted octanol–water partition coefficient (Wildman–Crippen LogP) is 3.02. The van der Waals surface area contributed by atoms with E-state index < -0.39 is 0 Å². The fourth-order valence-corrected chi connectivity index (χ4v) is 2.96. The lowest BCUT2D eigenvalue weighted by atomic mass is 10.1. The minimum Gasteiger partial charge on any atom is -0.496 e. The third-order valence-electron chi connectivity index (χ3n) is 4.34. The molecule has 3 rings (SSSR count). The minimum absolute atomic E-state index is 0.257. The van der Waals surface area contributed by atoms with E-state index in [0.29, 0.717) is 38.8 Å². The summed E-state index contributed by atoms with van der Waals surface area (Å²) in [5.41, 5.74) is 0.512. The summed E-state index contributed by atoms with van der Waals surface area (Å²) >= 11 is 12.4. The lowest BCUT2D eigenvalue weighted by molar-refractivity contribution is 0.0921. The van der Waals surface area contributed by atoms with Crippen molar-refractivity contribution in [1.29, 1.82) is 0 Å². The van der Waals surface area contributed by atoms with Crippen molar-refractivity contribution in [3.8, 4) is 5.75 Å². The van der Waals surface area contributed by atoms with Gasteiger partial charge in [0.25, 0.3) is 5.91 Å². The fourth-order valence-electron chi connectivity index (χ4n) is 2.57. The van der Waals surface area contributed by atoms with Crippen LogP contribution in [0.25, 0.3) is 0 Å². The van der Waals surface area contributed by atoms with Gasteiger partial charge >= 0.3 is 0 Å². The van der Waals surface area contributed by atoms with Crippen LogP contribution < -0.4 is 26.0 Å². The number of carbonyl (C=O) groups is 1. The van der Waals surface area contributed by atoms with E-state index in [9.17, 15) is 4.79 Å². The van der Waals surface area contributed by atoms with Crippen LogP contribution in [0.15, 0.2) is 18.3 Å². The molecular weight excluding hydrogens is 391 g/mol. The van der Waals surface area contributed by atoms with Crippen LogP contribution in [0.3, 0.4) is 0 Å². The van der Waals surface area contributed by atoms with E-state index in [0.717, 1.165) is 12.8 Å². The average Bonchev–Trinajstić information content (AvgIpc) is 3.44. The topological polar surface area (TPSA) is 100 Å². The number of aromatic nitrogens is 2. The number of hydrogen-bond donors (Lipinski definition) is 4. The number of benzene rings is 1. The van der Waals surface area contributed by atoms with E-state index in [2.05, 4.69) is 31.2 Å². The van der Waals surface area contributed by atoms with Crippen LogP contribution in [0.2, 0.25) is 10.0 Å². The SMILES string of the molecule is CNc1nc(Nc2cc(OC)c(C(=O)NC3(NC)CC3)cc2Cl)ncc1Cl. The van der Waals surface area contributed by atoms with Gasteiger partial charge in [-0.1, -0.05) is 23.2 Å². The zero-order chi connectivity index (χ0) is 19.6. The van der Waals surface area contributed by atoms with E-state index in [1.807, 2.05) is 7.05 Å². The molecule has 1 fully saturated rings. The Balaban J connectivity index is 1.86. The van der Waals surface area contributed by atoms with Crippen molar-refractivity contribution < 1.29 is 9.53 Å². The molecule has 0 radical (unpaired) electrons. The molecule has 1 aromatic heterocycles. The summed E-state index contributed by atoms with van der Waals surface area (Å²) in [5, 5.41) is 12.7. The van der Waals surface area contributed by atoms with E-state index in [4.69, 9.17) is 27.9 Å². The summed E-state index contributed by atoms with van der Waals surface area (Å²) in [6, 6.07) is 3.19. The van der Waals surface area contributed by atoms with Crippen LogP contribution in [0.4, 0.5) is 17.5 Å². The van der Waals surface area contributed by atoms with E-state index >= 15 is 0 Å². The molecule has 0 atom stereocenters. The Morgan fingerprint density at radius 2 is 1.96 bits per heavy atom. The molecule has 4 N–H and O–H groups in total. The molecule has 1 aliphatic rings. The lowest BCUT2D eigenvalue weighted by Gasteiger charge is -2.18. The van der Waals surface area contributed by atoms with Gasteiger partial charge in [-0.25, -0.2) is 4.98 Å². The molecule has 0 bridgehead atoms. The Morgan fingerprint density at radius 1 is 1.22 bits per heavy atom. The second-order valence-corrected chi connectivity index (χ2v) is 6.90. The molecule has 1 aromatic carbocycles. The summed E-state index contributed by atoms with van der Waals surface area (Å²) in [6.45, 7) is 0. The van der Waals surface area contributed by atoms with Crippen LogP contribution in [0.5, 0.6) is 5.75 Å². The van der Waals surface area contributed by atoms with Crippen LogP contribution in [0, 0.1) is 0 Å². The highest BCUT2D eigenvalue weighted by molar-refractivity contribution is 6.34. The van der Waals surface area contributed by atoms with Crippen LogP contribution >= 0.6 is 23.2 Å². The Morgan fingerprint density at radius 3 is 2.56 bits per heavy atom. The second-order valence-electron chi connectivity index (χ2n) is 6.08. The molecule has 27 heavy (non-hydrogen) atoms. The molecule has 8 nitrogen and oxygen atoms in total. The number of nitrogens with zero attached hydrogens (tertiary/aromatic N) is 2. The number of amides is 1. The van der Waals surface area contributed by atoms with Gasteiger partial charge in [-0.15, -0.1) is 0 Å². The van der Waals surface area contributed by atoms with Crippen molar-refractivity contribution in [2.45, 2.75) is 18.5 Å². The van der Waals surface area contributed by atoms with Gasteiger partial charge in [0.15, 0.2) is 0 Å². The first-order chi connectivity index (χ1) is 12.9. The molecular formula is C17H20Cl2N6O2. The number of rotatable bonds is 7. The third kappa shape index (κ3) is 4.18. The van der Waals surface area contributed by atoms with Gasteiger partial charge in [-0.2, -0.15) is 4.98 Å². The van der Waals surface area contributed by atoms with Gasteiger partial charge < -0.3 is 20.7 Å². The molecule has 0 saturated heterocycles. The Bertz CT molecular complexity index is 873. The lowest BCUT2D eigenvalue weighted by Crippen LogP contribution is -2.46. The number of ether oxygens (including phenoxy) is 1. The number of halogens is 2. The maximum absolute atomic E-state index is 12.6. The van der Waals surface area contributed by atoms with Gasteiger partial charge in [0.1, 0.15) is 16.6 Å². The van der Waals surface area contributed by atoms with E-state index in [-0.39, 0.29) is 11.6 Å². The molecule has 144 valence electrons. The zero-order valence-electron chi connectivity index (χ0n) is 15.1. The number of methoxy groups -OCH3 is 1. The van der Waals surface area contributed by atoms with Gasteiger partial charge in [-0.05, 0) is 26.0 Å². The van der Waals surface area contributed by atoms with Crippen molar-refractivity contribution in [2.24, 2.45) is 0 Å². The zero-order valence-corrected chi connectivity index (χ0v) is 16.6. The molecule has 2 aromatic rings. The normalized spacial score (nSPS) is 14.4. The first-order valence-electron chi connectivity index (χ1n) is 8.27. The van der Waals surface area contributed by atoms with Gasteiger partial charge in [-0.3, -0.25) is 10.1 Å². The quantitative estimate of drug-likeness (QED) is 0.520. The van der Waals surface area contributed by atoms with E-state index in [1.54, 1.807) is 19.2 Å². The largest absolute Gasteiger partial charge is 0.496 e. The monoisotopic (exact) mass is 410 g/mol. The van der Waals surface area contributed by atoms with Gasteiger partial charge in [0.05, 0.1) is 35.2 Å². The number of nitrogens with one attached hydrogen (secondary N) is 4. The summed E-state index contributed by atoms with van der Waals surface area (Å²) in [5.74, 6) is 0.911. The molecule has 0 aliphatic heterocycles. The van der Waals surface area contributed by atoms with Crippen molar-refractivity contribution in [3.63, 3.8) is 0 Å². The maximum Gasteiger partial charge on any atom is 0.256 e. The highest BCUT2D eigenvalue weighted by Gasteiger charge is 2.43. The first-order valence-corrected chi connectivity index (χ1v) is 9.03. The first kappa shape index (κ1) is 19.5. The fraction of sp³-hybridized carbons (Fsp3) is 0.353. The van der Waals surface area contributed by atoms with Crippen molar-refractivity contribution in [1.82, 2.24) is 20.6 Å². The van der Waals surface area contributed by atoms with Crippen molar-refractivity contribution >= 4 is 46.6 Å². The Labute approximate surface area is 167 Å². The Hall–Kier alpha value is -2.29. The number of anilines is 3. The molecule has 0 unspecified atom stereocenters. The molecule has 1 saturated carbocycles. The van der Waals surface area contributed by atoms with Gasteiger partial charge in [0.2, 0.25) is 5.95 Å². The standard InChI is InChI=1S/C17H20Cl2N6O2/c1-20-14-11(19)8-22-16(24-14)23-12-7-13(27-3)9(6-10(12)18)15(26)25-17(21-2)4-5-17/h6-8,21H,4-5H2,1-3H3,(H,25,26)(H2,20,22,23,24). The smallest absolute Gasteiger partial charge is 0.256 e. The van der Waals surface area contributed by atoms with E-state index in [1.165, 1.54) is 13.3 Å². The summed E-state index contributed by atoms with van der Waals surface area (Å²) in [6.07, 6.45) is 3.24. The van der Waals surface area contributed by atoms with Crippen LogP contribution in [0.1, 0.15) is 23.2 Å². The van der Waals surface area contributed by atoms with Crippen molar-refractivity contribution in [2.75, 3.05) is 31.8 Å². The molecule has 0 spiro atoms.